The summed E-state index contributed by atoms with van der Waals surface area (Å²) in [7, 11) is 0. The fraction of sp³-hybridized carbons (Fsp3) is 1.00. The molecule has 0 unspecified atom stereocenters. The van der Waals surface area contributed by atoms with Crippen LogP contribution in [0.1, 0.15) is 6.42 Å². The molecule has 0 saturated carbocycles. The lowest BCUT2D eigenvalue weighted by atomic mass is 10.5. The molecule has 0 aliphatic carbocycles. The average molecular weight is 268 g/mol. The first kappa shape index (κ1) is 24.5. The molecule has 0 aromatic rings. The lowest BCUT2D eigenvalue weighted by Gasteiger charge is -2.03. The summed E-state index contributed by atoms with van der Waals surface area (Å²) in [6, 6.07) is 0. The van der Waals surface area contributed by atoms with Crippen molar-refractivity contribution in [2.24, 2.45) is 5.73 Å². The first-order valence-corrected chi connectivity index (χ1v) is 6.87. The predicted octanol–water partition coefficient (Wildman–Crippen LogP) is -2.72. The number of nitrogens with two attached hydrogens (primary N) is 1. The molecule has 0 spiro atoms. The molecule has 98 valence electrons. The standard InChI is InChI=1S/C5H15N2O3PS.3H2O/c6-2-4-7-3-1-5-12-11(8,9)10;;;/h7H,1-6H2,(H2,8,9,10);3*1H2. The van der Waals surface area contributed by atoms with Crippen molar-refractivity contribution in [1.29, 1.82) is 0 Å². The molecule has 0 fully saturated rings. The second-order valence-electron chi connectivity index (χ2n) is 2.22. The van der Waals surface area contributed by atoms with Gasteiger partial charge in [-0.05, 0) is 24.3 Å². The second kappa shape index (κ2) is 14.3. The van der Waals surface area contributed by atoms with E-state index in [-0.39, 0.29) is 16.4 Å². The number of nitrogens with one attached hydrogen (secondary N) is 1. The van der Waals surface area contributed by atoms with E-state index >= 15 is 0 Å². The minimum atomic E-state index is -3.86. The van der Waals surface area contributed by atoms with Gasteiger partial charge in [0, 0.05) is 18.8 Å². The Morgan fingerprint density at radius 3 is 2.13 bits per heavy atom. The normalized spacial score (nSPS) is 9.53. The Kier molecular flexibility index (Phi) is 23.4. The minimum Gasteiger partial charge on any atom is -0.412 e. The topological polar surface area (TPSA) is 190 Å². The van der Waals surface area contributed by atoms with E-state index in [4.69, 9.17) is 15.5 Å². The molecular weight excluding hydrogens is 247 g/mol. The Balaban J connectivity index is -0.000000202. The Morgan fingerprint density at radius 1 is 1.20 bits per heavy atom. The van der Waals surface area contributed by atoms with Crippen molar-refractivity contribution in [2.75, 3.05) is 25.4 Å². The van der Waals surface area contributed by atoms with E-state index in [0.717, 1.165) is 19.5 Å². The maximum absolute atomic E-state index is 10.3. The van der Waals surface area contributed by atoms with Gasteiger partial charge in [0.05, 0.1) is 0 Å². The Bertz CT molecular complexity index is 156. The molecule has 0 bridgehead atoms. The molecule has 0 aliphatic rings. The van der Waals surface area contributed by atoms with Crippen molar-refractivity contribution in [3.63, 3.8) is 0 Å². The molecule has 0 heterocycles. The molecule has 0 aliphatic heterocycles. The molecule has 15 heavy (non-hydrogen) atoms. The van der Waals surface area contributed by atoms with Crippen LogP contribution in [0.2, 0.25) is 0 Å². The Labute approximate surface area is 92.5 Å². The number of hydrogen-bond acceptors (Lipinski definition) is 4. The lowest BCUT2D eigenvalue weighted by Crippen LogP contribution is -2.23. The van der Waals surface area contributed by atoms with Crippen molar-refractivity contribution in [3.05, 3.63) is 0 Å². The van der Waals surface area contributed by atoms with Gasteiger partial charge in [-0.2, -0.15) is 0 Å². The van der Waals surface area contributed by atoms with Crippen molar-refractivity contribution in [1.82, 2.24) is 5.32 Å². The number of hydrogen-bond donors (Lipinski definition) is 4. The van der Waals surface area contributed by atoms with E-state index in [1.165, 1.54) is 0 Å². The third-order valence-corrected chi connectivity index (χ3v) is 3.44. The van der Waals surface area contributed by atoms with Gasteiger partial charge < -0.3 is 37.3 Å². The van der Waals surface area contributed by atoms with Crippen LogP contribution < -0.4 is 11.1 Å². The fourth-order valence-corrected chi connectivity index (χ4v) is 2.22. The fourth-order valence-electron chi connectivity index (χ4n) is 0.608. The highest BCUT2D eigenvalue weighted by Gasteiger charge is 2.11. The lowest BCUT2D eigenvalue weighted by molar-refractivity contribution is 0.397. The van der Waals surface area contributed by atoms with Gasteiger partial charge in [0.15, 0.2) is 0 Å². The summed E-state index contributed by atoms with van der Waals surface area (Å²) in [5.74, 6) is 0.474. The van der Waals surface area contributed by atoms with Gasteiger partial charge in [-0.15, -0.1) is 0 Å². The zero-order valence-electron chi connectivity index (χ0n) is 8.27. The molecule has 0 radical (unpaired) electrons. The van der Waals surface area contributed by atoms with Crippen LogP contribution in [0, 0.1) is 0 Å². The van der Waals surface area contributed by atoms with Crippen LogP contribution in [0.5, 0.6) is 0 Å². The van der Waals surface area contributed by atoms with E-state index in [1.807, 2.05) is 0 Å². The summed E-state index contributed by atoms with van der Waals surface area (Å²) in [5.41, 5.74) is 5.22. The van der Waals surface area contributed by atoms with Gasteiger partial charge in [0.1, 0.15) is 0 Å². The molecule has 11 N–H and O–H groups in total. The highest BCUT2D eigenvalue weighted by atomic mass is 32.7. The van der Waals surface area contributed by atoms with Crippen LogP contribution in [0.4, 0.5) is 0 Å². The monoisotopic (exact) mass is 268 g/mol. The molecule has 0 saturated heterocycles. The van der Waals surface area contributed by atoms with Crippen LogP contribution in [0.15, 0.2) is 0 Å². The van der Waals surface area contributed by atoms with Crippen molar-refractivity contribution < 1.29 is 30.8 Å². The summed E-state index contributed by atoms with van der Waals surface area (Å²) >= 11 is 0.687. The Morgan fingerprint density at radius 2 is 1.73 bits per heavy atom. The summed E-state index contributed by atoms with van der Waals surface area (Å²) < 4.78 is 10.3. The summed E-state index contributed by atoms with van der Waals surface area (Å²) in [6.07, 6.45) is 0.746. The third-order valence-electron chi connectivity index (χ3n) is 1.08. The van der Waals surface area contributed by atoms with Gasteiger partial charge in [-0.1, -0.05) is 0 Å². The van der Waals surface area contributed by atoms with Crippen molar-refractivity contribution >= 4 is 18.2 Å². The molecule has 8 nitrogen and oxygen atoms in total. The van der Waals surface area contributed by atoms with Crippen molar-refractivity contribution in [2.45, 2.75) is 6.42 Å². The van der Waals surface area contributed by atoms with Gasteiger partial charge in [-0.3, -0.25) is 0 Å². The predicted molar refractivity (Wildman–Crippen MR) is 61.9 cm³/mol. The molecular formula is C5H21N2O6PS. The number of rotatable bonds is 7. The minimum absolute atomic E-state index is 0. The molecule has 0 amide bonds. The van der Waals surface area contributed by atoms with E-state index in [1.54, 1.807) is 0 Å². The highest BCUT2D eigenvalue weighted by Crippen LogP contribution is 2.50. The maximum Gasteiger partial charge on any atom is 0.383 e. The molecule has 0 atom stereocenters. The molecule has 0 rings (SSSR count). The molecule has 10 heteroatoms. The summed E-state index contributed by atoms with van der Waals surface area (Å²) in [6.45, 7) is -1.76. The van der Waals surface area contributed by atoms with Gasteiger partial charge in [0.2, 0.25) is 0 Å². The SMILES string of the molecule is NCCNCCCSP(=O)(O)O.O.O.O. The third kappa shape index (κ3) is 25.0. The van der Waals surface area contributed by atoms with E-state index in [9.17, 15) is 4.57 Å². The molecule has 0 aromatic heterocycles. The van der Waals surface area contributed by atoms with Gasteiger partial charge in [-0.25, -0.2) is 4.57 Å². The van der Waals surface area contributed by atoms with E-state index in [0.29, 0.717) is 23.7 Å². The summed E-state index contributed by atoms with van der Waals surface area (Å²) in [5, 5.41) is 3.03. The maximum atomic E-state index is 10.3. The average Bonchev–Trinajstić information content (AvgIpc) is 1.94. The van der Waals surface area contributed by atoms with Crippen LogP contribution in [-0.2, 0) is 4.57 Å². The molecule has 0 aromatic carbocycles. The van der Waals surface area contributed by atoms with Gasteiger partial charge >= 0.3 is 6.80 Å². The van der Waals surface area contributed by atoms with E-state index < -0.39 is 6.80 Å². The quantitative estimate of drug-likeness (QED) is 0.286. The summed E-state index contributed by atoms with van der Waals surface area (Å²) in [4.78, 5) is 16.9. The Hall–Kier alpha value is 0.300. The second-order valence-corrected chi connectivity index (χ2v) is 6.07. The highest BCUT2D eigenvalue weighted by molar-refractivity contribution is 8.54. The zero-order valence-corrected chi connectivity index (χ0v) is 9.98. The van der Waals surface area contributed by atoms with Gasteiger partial charge in [0.25, 0.3) is 0 Å². The van der Waals surface area contributed by atoms with Crippen LogP contribution in [0.25, 0.3) is 0 Å². The van der Waals surface area contributed by atoms with E-state index in [2.05, 4.69) is 5.32 Å². The van der Waals surface area contributed by atoms with Crippen molar-refractivity contribution in [3.8, 4) is 0 Å². The van der Waals surface area contributed by atoms with Crippen LogP contribution in [0.3, 0.4) is 0 Å². The smallest absolute Gasteiger partial charge is 0.383 e. The van der Waals surface area contributed by atoms with Crippen LogP contribution in [-0.4, -0.2) is 51.6 Å². The largest absolute Gasteiger partial charge is 0.412 e. The first-order valence-electron chi connectivity index (χ1n) is 3.67. The first-order chi connectivity index (χ1) is 5.56. The van der Waals surface area contributed by atoms with Crippen LogP contribution >= 0.6 is 18.2 Å². The zero-order chi connectivity index (χ0) is 9.45.